The average Bonchev–Trinajstić information content (AvgIpc) is 3.20. The second-order valence-corrected chi connectivity index (χ2v) is 7.39. The number of alkyl halides is 1. The highest BCUT2D eigenvalue weighted by Gasteiger charge is 2.50. The lowest BCUT2D eigenvalue weighted by molar-refractivity contribution is -0.141. The van der Waals surface area contributed by atoms with Gasteiger partial charge >= 0.3 is 11.9 Å². The van der Waals surface area contributed by atoms with Gasteiger partial charge in [0.1, 0.15) is 12.2 Å². The smallest absolute Gasteiger partial charge is 0.338 e. The Morgan fingerprint density at radius 3 is 2.79 bits per heavy atom. The van der Waals surface area contributed by atoms with Crippen molar-refractivity contribution in [3.8, 4) is 0 Å². The number of halogens is 1. The van der Waals surface area contributed by atoms with Gasteiger partial charge in [-0.3, -0.25) is 9.59 Å². The lowest BCUT2D eigenvalue weighted by Gasteiger charge is -2.20. The Labute approximate surface area is 163 Å². The van der Waals surface area contributed by atoms with Crippen molar-refractivity contribution in [3.63, 3.8) is 0 Å². The number of allylic oxidation sites excluding steroid dienone is 1. The monoisotopic (exact) mass is 388 g/mol. The lowest BCUT2D eigenvalue weighted by Crippen LogP contribution is -2.25. The summed E-state index contributed by atoms with van der Waals surface area (Å²) >= 11 is 0. The van der Waals surface area contributed by atoms with Crippen molar-refractivity contribution in [2.45, 2.75) is 57.4 Å². The molecular weight excluding hydrogens is 363 g/mol. The molecule has 0 aromatic heterocycles. The number of benzene rings is 1. The minimum atomic E-state index is -1.53. The van der Waals surface area contributed by atoms with Crippen LogP contribution in [0.2, 0.25) is 0 Å². The zero-order valence-electron chi connectivity index (χ0n) is 15.9. The number of hydrogen-bond donors (Lipinski definition) is 0. The van der Waals surface area contributed by atoms with E-state index in [1.54, 1.807) is 36.4 Å². The average molecular weight is 388 g/mol. The number of carbonyl (C=O) groups is 3. The molecule has 1 saturated carbocycles. The molecule has 0 spiro atoms. The van der Waals surface area contributed by atoms with Gasteiger partial charge in [-0.2, -0.15) is 0 Å². The number of carbonyl (C=O) groups excluding carboxylic acids is 3. The van der Waals surface area contributed by atoms with E-state index in [2.05, 4.69) is 0 Å². The van der Waals surface area contributed by atoms with E-state index in [1.807, 2.05) is 6.92 Å². The van der Waals surface area contributed by atoms with E-state index < -0.39 is 24.0 Å². The van der Waals surface area contributed by atoms with Gasteiger partial charge in [0.15, 0.2) is 12.0 Å². The molecule has 5 atom stereocenters. The summed E-state index contributed by atoms with van der Waals surface area (Å²) < 4.78 is 24.9. The number of rotatable bonds is 8. The molecule has 4 unspecified atom stereocenters. The van der Waals surface area contributed by atoms with Crippen LogP contribution in [0, 0.1) is 11.8 Å². The fourth-order valence-corrected chi connectivity index (χ4v) is 3.91. The SMILES string of the molecule is CCCCC(F)C(=O)/C=C/[C@H]1C(OC(=O)c2ccccc2)CC2OC(=O)CC21. The van der Waals surface area contributed by atoms with Crippen molar-refractivity contribution in [2.24, 2.45) is 11.8 Å². The predicted molar refractivity (Wildman–Crippen MR) is 100 cm³/mol. The Bertz CT molecular complexity index is 745. The molecule has 150 valence electrons. The van der Waals surface area contributed by atoms with E-state index in [9.17, 15) is 18.8 Å². The zero-order chi connectivity index (χ0) is 20.1. The molecule has 0 N–H and O–H groups in total. The van der Waals surface area contributed by atoms with Crippen LogP contribution in [0.4, 0.5) is 4.39 Å². The highest BCUT2D eigenvalue weighted by molar-refractivity contribution is 5.93. The quantitative estimate of drug-likeness (QED) is 0.500. The first kappa shape index (κ1) is 20.2. The summed E-state index contributed by atoms with van der Waals surface area (Å²) in [6.07, 6.45) is 2.70. The summed E-state index contributed by atoms with van der Waals surface area (Å²) in [5, 5.41) is 0. The Morgan fingerprint density at radius 1 is 1.32 bits per heavy atom. The number of fused-ring (bicyclic) bond motifs is 1. The van der Waals surface area contributed by atoms with Gasteiger partial charge in [0.2, 0.25) is 0 Å². The molecule has 1 aliphatic carbocycles. The number of unbranched alkanes of at least 4 members (excludes halogenated alkanes) is 1. The van der Waals surface area contributed by atoms with E-state index in [0.29, 0.717) is 18.4 Å². The lowest BCUT2D eigenvalue weighted by atomic mass is 9.91. The number of hydrogen-bond acceptors (Lipinski definition) is 5. The van der Waals surface area contributed by atoms with Gasteiger partial charge in [0.05, 0.1) is 12.0 Å². The molecule has 1 saturated heterocycles. The number of ketones is 1. The third kappa shape index (κ3) is 4.66. The maximum atomic E-state index is 14.0. The summed E-state index contributed by atoms with van der Waals surface area (Å²) in [7, 11) is 0. The van der Waals surface area contributed by atoms with Crippen molar-refractivity contribution >= 4 is 17.7 Å². The molecule has 0 amide bonds. The molecule has 3 rings (SSSR count). The third-order valence-corrected chi connectivity index (χ3v) is 5.42. The molecule has 28 heavy (non-hydrogen) atoms. The fraction of sp³-hybridized carbons (Fsp3) is 0.500. The Hall–Kier alpha value is -2.50. The summed E-state index contributed by atoms with van der Waals surface area (Å²) in [5.74, 6) is -1.87. The van der Waals surface area contributed by atoms with Crippen molar-refractivity contribution in [3.05, 3.63) is 48.0 Å². The number of esters is 2. The van der Waals surface area contributed by atoms with Crippen molar-refractivity contribution in [1.29, 1.82) is 0 Å². The van der Waals surface area contributed by atoms with Gasteiger partial charge < -0.3 is 9.47 Å². The molecular formula is C22H25FO5. The fourth-order valence-electron chi connectivity index (χ4n) is 3.91. The van der Waals surface area contributed by atoms with E-state index in [1.165, 1.54) is 6.08 Å². The van der Waals surface area contributed by atoms with Crippen LogP contribution in [0.5, 0.6) is 0 Å². The normalized spacial score (nSPS) is 27.4. The van der Waals surface area contributed by atoms with Gasteiger partial charge in [-0.05, 0) is 24.6 Å². The van der Waals surface area contributed by atoms with Gasteiger partial charge in [0, 0.05) is 18.3 Å². The van der Waals surface area contributed by atoms with E-state index in [4.69, 9.17) is 9.47 Å². The molecule has 6 heteroatoms. The molecule has 1 aromatic rings. The zero-order valence-corrected chi connectivity index (χ0v) is 15.9. The minimum absolute atomic E-state index is 0.168. The first-order chi connectivity index (χ1) is 13.5. The molecule has 0 bridgehead atoms. The first-order valence-corrected chi connectivity index (χ1v) is 9.81. The van der Waals surface area contributed by atoms with Crippen molar-refractivity contribution in [2.75, 3.05) is 0 Å². The van der Waals surface area contributed by atoms with E-state index >= 15 is 0 Å². The Kier molecular flexibility index (Phi) is 6.60. The second-order valence-electron chi connectivity index (χ2n) is 7.39. The highest BCUT2D eigenvalue weighted by Crippen LogP contribution is 2.43. The molecule has 1 aliphatic heterocycles. The van der Waals surface area contributed by atoms with Gasteiger partial charge in [0.25, 0.3) is 0 Å². The van der Waals surface area contributed by atoms with Gasteiger partial charge in [-0.15, -0.1) is 0 Å². The van der Waals surface area contributed by atoms with E-state index in [0.717, 1.165) is 6.42 Å². The van der Waals surface area contributed by atoms with Crippen LogP contribution in [0.15, 0.2) is 42.5 Å². The van der Waals surface area contributed by atoms with Crippen molar-refractivity contribution in [1.82, 2.24) is 0 Å². The first-order valence-electron chi connectivity index (χ1n) is 9.81. The van der Waals surface area contributed by atoms with E-state index in [-0.39, 0.29) is 36.8 Å². The van der Waals surface area contributed by atoms with Gasteiger partial charge in [-0.1, -0.05) is 44.0 Å². The molecule has 2 fully saturated rings. The second kappa shape index (κ2) is 9.13. The van der Waals surface area contributed by atoms with Crippen LogP contribution in [0.25, 0.3) is 0 Å². The van der Waals surface area contributed by atoms with Crippen LogP contribution in [0.1, 0.15) is 49.4 Å². The summed E-state index contributed by atoms with van der Waals surface area (Å²) in [5.41, 5.74) is 0.429. The Balaban J connectivity index is 1.70. The third-order valence-electron chi connectivity index (χ3n) is 5.42. The Morgan fingerprint density at radius 2 is 2.07 bits per heavy atom. The van der Waals surface area contributed by atoms with Crippen molar-refractivity contribution < 1.29 is 28.2 Å². The highest BCUT2D eigenvalue weighted by atomic mass is 19.1. The topological polar surface area (TPSA) is 69.7 Å². The maximum Gasteiger partial charge on any atom is 0.338 e. The van der Waals surface area contributed by atoms with Gasteiger partial charge in [-0.25, -0.2) is 9.18 Å². The largest absolute Gasteiger partial charge is 0.462 e. The standard InChI is InChI=1S/C22H25FO5/c1-2-3-9-17(23)18(24)11-10-15-16-12-21(25)27-20(16)13-19(15)28-22(26)14-7-5-4-6-8-14/h4-8,10-11,15-17,19-20H,2-3,9,12-13H2,1H3/b11-10+/t15-,16?,17?,19?,20?/m1/s1. The van der Waals surface area contributed by atoms with Crippen LogP contribution >= 0.6 is 0 Å². The van der Waals surface area contributed by atoms with Crippen LogP contribution < -0.4 is 0 Å². The molecule has 2 aliphatic rings. The maximum absolute atomic E-state index is 14.0. The number of ether oxygens (including phenoxy) is 2. The summed E-state index contributed by atoms with van der Waals surface area (Å²) in [6, 6.07) is 8.62. The van der Waals surface area contributed by atoms with Crippen LogP contribution in [-0.4, -0.2) is 36.1 Å². The predicted octanol–water partition coefficient (Wildman–Crippen LogP) is 3.82. The van der Waals surface area contributed by atoms with Crippen LogP contribution in [-0.2, 0) is 19.1 Å². The summed E-state index contributed by atoms with van der Waals surface area (Å²) in [6.45, 7) is 1.94. The molecule has 5 nitrogen and oxygen atoms in total. The minimum Gasteiger partial charge on any atom is -0.462 e. The van der Waals surface area contributed by atoms with Crippen LogP contribution in [0.3, 0.4) is 0 Å². The molecule has 0 radical (unpaired) electrons. The molecule has 1 heterocycles. The summed E-state index contributed by atoms with van der Waals surface area (Å²) in [4.78, 5) is 36.1. The molecule has 1 aromatic carbocycles.